The van der Waals surface area contributed by atoms with E-state index in [2.05, 4.69) is 4.52 Å². The molecule has 0 aromatic heterocycles. The summed E-state index contributed by atoms with van der Waals surface area (Å²) in [6.07, 6.45) is 0.120. The van der Waals surface area contributed by atoms with Crippen LogP contribution in [0.2, 0.25) is 0 Å². The fourth-order valence-corrected chi connectivity index (χ4v) is 1.54. The highest BCUT2D eigenvalue weighted by Crippen LogP contribution is 2.43. The van der Waals surface area contributed by atoms with E-state index < -0.39 is 14.4 Å². The SMILES string of the molecule is C[N+](C)(C)COP(=O)(O)OCC(=O)CCN. The molecule has 96 valence electrons. The molecule has 0 bridgehead atoms. The van der Waals surface area contributed by atoms with Crippen molar-refractivity contribution in [2.75, 3.05) is 41.0 Å². The Hall–Kier alpha value is -0.300. The van der Waals surface area contributed by atoms with Crippen molar-refractivity contribution >= 4 is 13.6 Å². The largest absolute Gasteiger partial charge is 0.477 e. The minimum absolute atomic E-state index is 0.0128. The summed E-state index contributed by atoms with van der Waals surface area (Å²) in [5, 5.41) is 0. The van der Waals surface area contributed by atoms with E-state index in [1.165, 1.54) is 0 Å². The zero-order valence-electron chi connectivity index (χ0n) is 9.88. The molecule has 0 aliphatic carbocycles. The molecule has 3 N–H and O–H groups in total. The maximum absolute atomic E-state index is 11.3. The maximum Gasteiger partial charge on any atom is 0.477 e. The number of phosphoric acid groups is 1. The zero-order valence-corrected chi connectivity index (χ0v) is 10.8. The van der Waals surface area contributed by atoms with Crippen LogP contribution in [-0.2, 0) is 18.4 Å². The molecular weight excluding hydrogens is 235 g/mol. The van der Waals surface area contributed by atoms with Crippen LogP contribution in [-0.4, -0.2) is 56.2 Å². The highest BCUT2D eigenvalue weighted by molar-refractivity contribution is 7.47. The Kier molecular flexibility index (Phi) is 6.32. The molecule has 0 aromatic carbocycles. The Morgan fingerprint density at radius 3 is 2.38 bits per heavy atom. The van der Waals surface area contributed by atoms with Gasteiger partial charge in [-0.1, -0.05) is 0 Å². The first kappa shape index (κ1) is 15.7. The minimum Gasteiger partial charge on any atom is -0.330 e. The molecule has 0 amide bonds. The van der Waals surface area contributed by atoms with E-state index in [1.54, 1.807) is 21.1 Å². The average Bonchev–Trinajstić information content (AvgIpc) is 2.12. The quantitative estimate of drug-likeness (QED) is 0.351. The standard InChI is InChI=1S/C8H19N2O5P/c1-10(2,3)7-15-16(12,13)14-6-8(11)4-5-9/h4-7,9H2,1-3H3/p+1. The van der Waals surface area contributed by atoms with E-state index in [0.717, 1.165) is 0 Å². The van der Waals surface area contributed by atoms with Crippen molar-refractivity contribution in [2.24, 2.45) is 5.73 Å². The molecule has 0 radical (unpaired) electrons. The Morgan fingerprint density at radius 2 is 1.94 bits per heavy atom. The molecule has 7 nitrogen and oxygen atoms in total. The summed E-state index contributed by atoms with van der Waals surface area (Å²) in [7, 11) is 1.23. The Balaban J connectivity index is 3.96. The Morgan fingerprint density at radius 1 is 1.38 bits per heavy atom. The summed E-state index contributed by atoms with van der Waals surface area (Å²) in [5.41, 5.74) is 5.14. The van der Waals surface area contributed by atoms with Gasteiger partial charge < -0.3 is 15.1 Å². The molecule has 0 aliphatic rings. The third-order valence-corrected chi connectivity index (χ3v) is 2.32. The first-order chi connectivity index (χ1) is 7.16. The predicted octanol–water partition coefficient (Wildman–Crippen LogP) is -0.298. The van der Waals surface area contributed by atoms with Gasteiger partial charge in [0.05, 0.1) is 21.1 Å². The average molecular weight is 255 g/mol. The number of carbonyl (C=O) groups is 1. The Bertz CT molecular complexity index is 276. The van der Waals surface area contributed by atoms with E-state index >= 15 is 0 Å². The second-order valence-electron chi connectivity index (χ2n) is 4.37. The Labute approximate surface area is 95.3 Å². The summed E-state index contributed by atoms with van der Waals surface area (Å²) >= 11 is 0. The molecule has 1 atom stereocenters. The van der Waals surface area contributed by atoms with Gasteiger partial charge in [-0.05, 0) is 6.54 Å². The van der Waals surface area contributed by atoms with E-state index in [1.807, 2.05) is 0 Å². The van der Waals surface area contributed by atoms with Crippen LogP contribution in [0.3, 0.4) is 0 Å². The lowest BCUT2D eigenvalue weighted by Crippen LogP contribution is -2.36. The highest BCUT2D eigenvalue weighted by Gasteiger charge is 2.25. The number of ketones is 1. The second-order valence-corrected chi connectivity index (χ2v) is 5.82. The molecule has 1 unspecified atom stereocenters. The van der Waals surface area contributed by atoms with Crippen LogP contribution in [0.5, 0.6) is 0 Å². The number of hydrogen-bond donors (Lipinski definition) is 2. The van der Waals surface area contributed by atoms with Crippen LogP contribution in [0.4, 0.5) is 0 Å². The van der Waals surface area contributed by atoms with Gasteiger partial charge in [0.2, 0.25) is 0 Å². The van der Waals surface area contributed by atoms with Gasteiger partial charge in [-0.3, -0.25) is 9.32 Å². The zero-order chi connectivity index (χ0) is 12.8. The van der Waals surface area contributed by atoms with Gasteiger partial charge in [-0.2, -0.15) is 0 Å². The van der Waals surface area contributed by atoms with Gasteiger partial charge in [-0.15, -0.1) is 0 Å². The normalized spacial score (nSPS) is 15.8. The smallest absolute Gasteiger partial charge is 0.330 e. The minimum atomic E-state index is -4.14. The molecule has 0 saturated carbocycles. The molecule has 0 fully saturated rings. The third kappa shape index (κ3) is 8.96. The van der Waals surface area contributed by atoms with E-state index in [9.17, 15) is 14.3 Å². The summed E-state index contributed by atoms with van der Waals surface area (Å²) in [4.78, 5) is 20.2. The summed E-state index contributed by atoms with van der Waals surface area (Å²) in [6, 6.07) is 0. The highest BCUT2D eigenvalue weighted by atomic mass is 31.2. The van der Waals surface area contributed by atoms with Crippen LogP contribution < -0.4 is 5.73 Å². The number of nitrogens with two attached hydrogens (primary N) is 1. The van der Waals surface area contributed by atoms with Crippen molar-refractivity contribution in [3.8, 4) is 0 Å². The first-order valence-corrected chi connectivity index (χ1v) is 6.30. The van der Waals surface area contributed by atoms with Crippen molar-refractivity contribution in [2.45, 2.75) is 6.42 Å². The second kappa shape index (κ2) is 6.44. The van der Waals surface area contributed by atoms with Crippen molar-refractivity contribution in [3.63, 3.8) is 0 Å². The lowest BCUT2D eigenvalue weighted by atomic mass is 10.3. The maximum atomic E-state index is 11.3. The van der Waals surface area contributed by atoms with Crippen LogP contribution >= 0.6 is 7.82 Å². The van der Waals surface area contributed by atoms with E-state index in [4.69, 9.17) is 10.3 Å². The number of carbonyl (C=O) groups excluding carboxylic acids is 1. The summed E-state index contributed by atoms with van der Waals surface area (Å²) in [5.74, 6) is -0.328. The van der Waals surface area contributed by atoms with Gasteiger partial charge in [0.25, 0.3) is 0 Å². The molecule has 0 saturated heterocycles. The van der Waals surface area contributed by atoms with Gasteiger partial charge in [0.15, 0.2) is 12.5 Å². The van der Waals surface area contributed by atoms with Gasteiger partial charge in [-0.25, -0.2) is 9.09 Å². The van der Waals surface area contributed by atoms with Gasteiger partial charge in [0.1, 0.15) is 6.61 Å². The summed E-state index contributed by atoms with van der Waals surface area (Å²) < 4.78 is 20.9. The molecule has 16 heavy (non-hydrogen) atoms. The fourth-order valence-electron chi connectivity index (χ4n) is 0.670. The lowest BCUT2D eigenvalue weighted by molar-refractivity contribution is -0.887. The lowest BCUT2D eigenvalue weighted by Gasteiger charge is -2.24. The molecular formula is C8H20N2O5P+. The van der Waals surface area contributed by atoms with Crippen molar-refractivity contribution in [3.05, 3.63) is 0 Å². The summed E-state index contributed by atoms with van der Waals surface area (Å²) in [6.45, 7) is -0.251. The fraction of sp³-hybridized carbons (Fsp3) is 0.875. The van der Waals surface area contributed by atoms with E-state index in [-0.39, 0.29) is 25.5 Å². The van der Waals surface area contributed by atoms with Crippen LogP contribution in [0.15, 0.2) is 0 Å². The number of quaternary nitrogens is 1. The molecule has 0 rings (SSSR count). The molecule has 0 aromatic rings. The van der Waals surface area contributed by atoms with Crippen molar-refractivity contribution < 1.29 is 27.8 Å². The molecule has 0 spiro atoms. The van der Waals surface area contributed by atoms with E-state index in [0.29, 0.717) is 4.48 Å². The molecule has 8 heteroatoms. The van der Waals surface area contributed by atoms with Gasteiger partial charge >= 0.3 is 7.82 Å². The van der Waals surface area contributed by atoms with Crippen LogP contribution in [0, 0.1) is 0 Å². The number of phosphoric ester groups is 1. The number of nitrogens with zero attached hydrogens (tertiary/aromatic N) is 1. The number of hydrogen-bond acceptors (Lipinski definition) is 5. The van der Waals surface area contributed by atoms with Crippen molar-refractivity contribution in [1.29, 1.82) is 0 Å². The first-order valence-electron chi connectivity index (χ1n) is 4.80. The van der Waals surface area contributed by atoms with Gasteiger partial charge in [0, 0.05) is 6.42 Å². The topological polar surface area (TPSA) is 98.9 Å². The van der Waals surface area contributed by atoms with Crippen LogP contribution in [0.1, 0.15) is 6.42 Å². The van der Waals surface area contributed by atoms with Crippen molar-refractivity contribution in [1.82, 2.24) is 0 Å². The van der Waals surface area contributed by atoms with Crippen LogP contribution in [0.25, 0.3) is 0 Å². The monoisotopic (exact) mass is 255 g/mol. The number of Topliss-reactive ketones (excluding diaryl/α,β-unsaturated/α-hetero) is 1. The third-order valence-electron chi connectivity index (χ3n) is 1.42. The molecule has 0 aliphatic heterocycles. The predicted molar refractivity (Wildman–Crippen MR) is 58.4 cm³/mol. The molecule has 0 heterocycles. The number of rotatable bonds is 8.